The monoisotopic (exact) mass is 411 g/mol. The lowest BCUT2D eigenvalue weighted by Crippen LogP contribution is -2.38. The molecule has 0 N–H and O–H groups in total. The van der Waals surface area contributed by atoms with Gasteiger partial charge in [0.1, 0.15) is 10.7 Å². The highest BCUT2D eigenvalue weighted by Crippen LogP contribution is 2.34. The zero-order chi connectivity index (χ0) is 18.2. The van der Waals surface area contributed by atoms with Gasteiger partial charge in [-0.05, 0) is 36.4 Å². The maximum atomic E-state index is 12.8. The van der Waals surface area contributed by atoms with E-state index in [-0.39, 0.29) is 5.91 Å². The first-order chi connectivity index (χ1) is 13.3. The Morgan fingerprint density at radius 1 is 1.07 bits per heavy atom. The Balaban J connectivity index is 1.26. The van der Waals surface area contributed by atoms with Crippen molar-refractivity contribution in [3.05, 3.63) is 57.2 Å². The van der Waals surface area contributed by atoms with Gasteiger partial charge in [-0.15, -0.1) is 22.7 Å². The van der Waals surface area contributed by atoms with E-state index < -0.39 is 0 Å². The number of carbonyl (C=O) groups excluding carboxylic acids is 1. The van der Waals surface area contributed by atoms with Crippen LogP contribution >= 0.6 is 34.0 Å². The van der Waals surface area contributed by atoms with Crippen LogP contribution in [0.2, 0.25) is 0 Å². The maximum Gasteiger partial charge on any atom is 0.273 e. The number of rotatable bonds is 3. The van der Waals surface area contributed by atoms with E-state index in [1.54, 1.807) is 22.7 Å². The Labute approximate surface area is 169 Å². The number of fused-ring (bicyclic) bond motifs is 1. The van der Waals surface area contributed by atoms with Crippen LogP contribution in [0.1, 0.15) is 34.3 Å². The quantitative estimate of drug-likeness (QED) is 0.447. The van der Waals surface area contributed by atoms with Gasteiger partial charge in [0.2, 0.25) is 0 Å². The summed E-state index contributed by atoms with van der Waals surface area (Å²) in [5.74, 6) is 0.499. The molecule has 0 unspecified atom stereocenters. The van der Waals surface area contributed by atoms with Gasteiger partial charge < -0.3 is 4.90 Å². The minimum Gasteiger partial charge on any atom is -0.337 e. The van der Waals surface area contributed by atoms with E-state index in [4.69, 9.17) is 4.98 Å². The minimum atomic E-state index is 0.0514. The van der Waals surface area contributed by atoms with Crippen molar-refractivity contribution >= 4 is 50.1 Å². The van der Waals surface area contributed by atoms with Crippen LogP contribution in [0.4, 0.5) is 0 Å². The van der Waals surface area contributed by atoms with Crippen molar-refractivity contribution in [2.24, 2.45) is 0 Å². The van der Waals surface area contributed by atoms with Crippen LogP contribution < -0.4 is 0 Å². The molecule has 1 amide bonds. The number of likely N-dealkylation sites (tertiary alicyclic amines) is 1. The van der Waals surface area contributed by atoms with Gasteiger partial charge in [-0.3, -0.25) is 4.79 Å². The lowest BCUT2D eigenvalue weighted by Gasteiger charge is -2.30. The van der Waals surface area contributed by atoms with Crippen LogP contribution in [0, 0.1) is 0 Å². The van der Waals surface area contributed by atoms with Crippen LogP contribution in [-0.2, 0) is 0 Å². The van der Waals surface area contributed by atoms with Crippen molar-refractivity contribution in [1.29, 1.82) is 0 Å². The lowest BCUT2D eigenvalue weighted by atomic mass is 9.97. The van der Waals surface area contributed by atoms with Crippen molar-refractivity contribution in [2.45, 2.75) is 18.8 Å². The molecule has 1 aliphatic heterocycles. The predicted octanol–water partition coefficient (Wildman–Crippen LogP) is 5.50. The average Bonchev–Trinajstić information content (AvgIpc) is 3.47. The molecule has 5 rings (SSSR count). The van der Waals surface area contributed by atoms with Crippen molar-refractivity contribution < 1.29 is 4.79 Å². The summed E-state index contributed by atoms with van der Waals surface area (Å²) in [6.45, 7) is 1.54. The molecule has 1 aliphatic rings. The zero-order valence-corrected chi connectivity index (χ0v) is 16.9. The fourth-order valence-electron chi connectivity index (χ4n) is 3.45. The van der Waals surface area contributed by atoms with E-state index in [1.807, 2.05) is 27.8 Å². The molecule has 27 heavy (non-hydrogen) atoms. The molecule has 0 aliphatic carbocycles. The Morgan fingerprint density at radius 3 is 2.70 bits per heavy atom. The van der Waals surface area contributed by atoms with Gasteiger partial charge in [-0.2, -0.15) is 11.3 Å². The summed E-state index contributed by atoms with van der Waals surface area (Å²) in [5, 5.41) is 8.11. The number of para-hydroxylation sites is 1. The number of hydrogen-bond acceptors (Lipinski definition) is 6. The molecule has 0 atom stereocenters. The molecule has 1 saturated heterocycles. The molecule has 1 aromatic carbocycles. The average molecular weight is 412 g/mol. The highest BCUT2D eigenvalue weighted by molar-refractivity contribution is 7.18. The SMILES string of the molecule is O=C(c1csc(-c2ccsc2)n1)N1CCC(c2nc3ccccc3s2)CC1. The van der Waals surface area contributed by atoms with Crippen molar-refractivity contribution in [2.75, 3.05) is 13.1 Å². The number of aromatic nitrogens is 2. The molecule has 0 saturated carbocycles. The third-order valence-electron chi connectivity index (χ3n) is 4.93. The Bertz CT molecular complexity index is 1040. The Kier molecular flexibility index (Phi) is 4.51. The first kappa shape index (κ1) is 17.0. The van der Waals surface area contributed by atoms with Crippen LogP contribution in [0.25, 0.3) is 20.8 Å². The number of amides is 1. The highest BCUT2D eigenvalue weighted by atomic mass is 32.1. The first-order valence-corrected chi connectivity index (χ1v) is 11.5. The smallest absolute Gasteiger partial charge is 0.273 e. The largest absolute Gasteiger partial charge is 0.337 e. The van der Waals surface area contributed by atoms with E-state index in [1.165, 1.54) is 21.0 Å². The maximum absolute atomic E-state index is 12.8. The van der Waals surface area contributed by atoms with Gasteiger partial charge in [0, 0.05) is 35.3 Å². The molecule has 0 spiro atoms. The molecule has 3 aromatic heterocycles. The van der Waals surface area contributed by atoms with E-state index in [2.05, 4.69) is 28.6 Å². The number of thiophene rings is 1. The lowest BCUT2D eigenvalue weighted by molar-refractivity contribution is 0.0708. The highest BCUT2D eigenvalue weighted by Gasteiger charge is 2.27. The van der Waals surface area contributed by atoms with Crippen LogP contribution in [0.5, 0.6) is 0 Å². The summed E-state index contributed by atoms with van der Waals surface area (Å²) in [7, 11) is 0. The van der Waals surface area contributed by atoms with E-state index >= 15 is 0 Å². The van der Waals surface area contributed by atoms with Gasteiger partial charge in [0.05, 0.1) is 15.2 Å². The van der Waals surface area contributed by atoms with Crippen LogP contribution in [0.3, 0.4) is 0 Å². The minimum absolute atomic E-state index is 0.0514. The first-order valence-electron chi connectivity index (χ1n) is 8.91. The van der Waals surface area contributed by atoms with E-state index in [9.17, 15) is 4.79 Å². The predicted molar refractivity (Wildman–Crippen MR) is 113 cm³/mol. The summed E-state index contributed by atoms with van der Waals surface area (Å²) < 4.78 is 1.24. The molecule has 4 heterocycles. The summed E-state index contributed by atoms with van der Waals surface area (Å²) in [4.78, 5) is 24.1. The summed E-state index contributed by atoms with van der Waals surface area (Å²) in [6.07, 6.45) is 1.93. The van der Waals surface area contributed by atoms with E-state index in [0.29, 0.717) is 11.6 Å². The summed E-state index contributed by atoms with van der Waals surface area (Å²) in [5.41, 5.74) is 2.75. The molecule has 7 heteroatoms. The Morgan fingerprint density at radius 2 is 1.93 bits per heavy atom. The Hall–Kier alpha value is -2.09. The summed E-state index contributed by atoms with van der Waals surface area (Å²) >= 11 is 4.97. The van der Waals surface area contributed by atoms with Gasteiger partial charge in [-0.1, -0.05) is 12.1 Å². The van der Waals surface area contributed by atoms with Gasteiger partial charge >= 0.3 is 0 Å². The number of piperidine rings is 1. The molecule has 1 fully saturated rings. The molecular weight excluding hydrogens is 394 g/mol. The van der Waals surface area contributed by atoms with Gasteiger partial charge in [-0.25, -0.2) is 9.97 Å². The van der Waals surface area contributed by atoms with Crippen molar-refractivity contribution in [1.82, 2.24) is 14.9 Å². The van der Waals surface area contributed by atoms with Crippen LogP contribution in [-0.4, -0.2) is 33.9 Å². The third kappa shape index (κ3) is 3.31. The van der Waals surface area contributed by atoms with Crippen LogP contribution in [0.15, 0.2) is 46.5 Å². The zero-order valence-electron chi connectivity index (χ0n) is 14.5. The molecule has 4 aromatic rings. The fraction of sp³-hybridized carbons (Fsp3) is 0.250. The number of thiazole rings is 2. The number of benzene rings is 1. The number of nitrogens with zero attached hydrogens (tertiary/aromatic N) is 3. The molecular formula is C20H17N3OS3. The molecule has 136 valence electrons. The standard InChI is InChI=1S/C20H17N3OS3/c24-20(16-12-26-18(22-16)14-7-10-25-11-14)23-8-5-13(6-9-23)19-21-15-3-1-2-4-17(15)27-19/h1-4,7,10-13H,5-6,8-9H2. The topological polar surface area (TPSA) is 46.1 Å². The third-order valence-corrected chi connectivity index (χ3v) is 7.71. The second-order valence-corrected chi connectivity index (χ2v) is 9.34. The molecule has 0 radical (unpaired) electrons. The fourth-order valence-corrected chi connectivity index (χ4v) is 6.09. The van der Waals surface area contributed by atoms with E-state index in [0.717, 1.165) is 42.0 Å². The number of carbonyl (C=O) groups is 1. The van der Waals surface area contributed by atoms with Gasteiger partial charge in [0.15, 0.2) is 0 Å². The number of hydrogen-bond donors (Lipinski definition) is 0. The van der Waals surface area contributed by atoms with Gasteiger partial charge in [0.25, 0.3) is 5.91 Å². The second kappa shape index (κ2) is 7.14. The summed E-state index contributed by atoms with van der Waals surface area (Å²) in [6, 6.07) is 10.3. The van der Waals surface area contributed by atoms with Crippen molar-refractivity contribution in [3.63, 3.8) is 0 Å². The van der Waals surface area contributed by atoms with Crippen molar-refractivity contribution in [3.8, 4) is 10.6 Å². The molecule has 4 nitrogen and oxygen atoms in total. The normalized spacial score (nSPS) is 15.5. The molecule has 0 bridgehead atoms. The second-order valence-electron chi connectivity index (χ2n) is 6.64.